The summed E-state index contributed by atoms with van der Waals surface area (Å²) in [7, 11) is 4.09. The lowest BCUT2D eigenvalue weighted by Gasteiger charge is -2.18. The predicted molar refractivity (Wildman–Crippen MR) is 103 cm³/mol. The van der Waals surface area contributed by atoms with Crippen molar-refractivity contribution in [1.29, 1.82) is 0 Å². The molecule has 4 aromatic rings. The minimum absolute atomic E-state index is 0.819. The zero-order chi connectivity index (χ0) is 17.4. The van der Waals surface area contributed by atoms with Crippen molar-refractivity contribution >= 4 is 32.8 Å². The minimum Gasteiger partial charge on any atom is -0.377 e. The Balaban J connectivity index is 1.63. The predicted octanol–water partition coefficient (Wildman–Crippen LogP) is 3.97. The summed E-state index contributed by atoms with van der Waals surface area (Å²) < 4.78 is 1.81. The van der Waals surface area contributed by atoms with E-state index >= 15 is 0 Å². The summed E-state index contributed by atoms with van der Waals surface area (Å²) >= 11 is 1.53. The molecule has 0 radical (unpaired) electrons. The van der Waals surface area contributed by atoms with Gasteiger partial charge in [-0.25, -0.2) is 9.50 Å². The molecule has 0 amide bonds. The highest BCUT2D eigenvalue weighted by Crippen LogP contribution is 2.30. The number of aromatic nitrogens is 4. The molecule has 0 aliphatic heterocycles. The lowest BCUT2D eigenvalue weighted by Crippen LogP contribution is -2.10. The summed E-state index contributed by atoms with van der Waals surface area (Å²) in [4.78, 5) is 11.7. The van der Waals surface area contributed by atoms with Crippen LogP contribution in [0.5, 0.6) is 0 Å². The maximum atomic E-state index is 4.64. The number of hydrogen-bond acceptors (Lipinski definition) is 6. The fourth-order valence-corrected chi connectivity index (χ4v) is 3.56. The molecular formula is C18H18N6S. The smallest absolute Gasteiger partial charge is 0.214 e. The number of imidazole rings is 1. The monoisotopic (exact) mass is 350 g/mol. The fourth-order valence-electron chi connectivity index (χ4n) is 2.76. The molecule has 0 aliphatic rings. The van der Waals surface area contributed by atoms with Crippen LogP contribution >= 0.6 is 11.3 Å². The molecule has 126 valence electrons. The SMILES string of the molecule is Cc1c(Nc2nn3cc(-c4cccnc4)nc3s2)cccc1N(C)C. The summed E-state index contributed by atoms with van der Waals surface area (Å²) in [6, 6.07) is 10.1. The van der Waals surface area contributed by atoms with E-state index in [1.165, 1.54) is 22.6 Å². The van der Waals surface area contributed by atoms with Crippen molar-refractivity contribution in [2.45, 2.75) is 6.92 Å². The molecule has 3 aromatic heterocycles. The Morgan fingerprint density at radius 3 is 2.76 bits per heavy atom. The van der Waals surface area contributed by atoms with E-state index in [0.717, 1.165) is 27.0 Å². The number of nitrogens with one attached hydrogen (secondary N) is 1. The van der Waals surface area contributed by atoms with Gasteiger partial charge in [0.2, 0.25) is 10.1 Å². The second kappa shape index (κ2) is 6.18. The van der Waals surface area contributed by atoms with Gasteiger partial charge in [-0.1, -0.05) is 17.4 Å². The number of nitrogens with zero attached hydrogens (tertiary/aromatic N) is 5. The van der Waals surface area contributed by atoms with E-state index in [9.17, 15) is 0 Å². The molecule has 0 aliphatic carbocycles. The molecule has 0 spiro atoms. The van der Waals surface area contributed by atoms with Gasteiger partial charge in [-0.05, 0) is 36.8 Å². The molecule has 1 aromatic carbocycles. The average molecular weight is 350 g/mol. The Hall–Kier alpha value is -2.93. The third-order valence-corrected chi connectivity index (χ3v) is 4.87. The molecule has 0 unspecified atom stereocenters. The van der Waals surface area contributed by atoms with Crippen molar-refractivity contribution < 1.29 is 0 Å². The number of pyridine rings is 1. The third kappa shape index (κ3) is 2.94. The Labute approximate surface area is 149 Å². The van der Waals surface area contributed by atoms with Crippen LogP contribution in [0.15, 0.2) is 48.9 Å². The summed E-state index contributed by atoms with van der Waals surface area (Å²) in [5, 5.41) is 8.83. The first-order valence-corrected chi connectivity index (χ1v) is 8.74. The first-order chi connectivity index (χ1) is 12.1. The van der Waals surface area contributed by atoms with Gasteiger partial charge < -0.3 is 10.2 Å². The zero-order valence-corrected chi connectivity index (χ0v) is 15.1. The fraction of sp³-hybridized carbons (Fsp3) is 0.167. The standard InChI is InChI=1S/C18H18N6S/c1-12-14(7-4-8-16(12)23(2)3)20-17-22-24-11-15(21-18(24)25-17)13-6-5-9-19-10-13/h4-11H,1-3H3,(H,20,22). The number of fused-ring (bicyclic) bond motifs is 1. The molecule has 1 N–H and O–H groups in total. The molecule has 4 rings (SSSR count). The number of rotatable bonds is 4. The van der Waals surface area contributed by atoms with Gasteiger partial charge in [0.25, 0.3) is 0 Å². The molecule has 0 fully saturated rings. The average Bonchev–Trinajstić information content (AvgIpc) is 3.16. The molecule has 0 saturated carbocycles. The van der Waals surface area contributed by atoms with Crippen molar-refractivity contribution in [2.75, 3.05) is 24.3 Å². The minimum atomic E-state index is 0.819. The van der Waals surface area contributed by atoms with Crippen LogP contribution < -0.4 is 10.2 Å². The van der Waals surface area contributed by atoms with Crippen LogP contribution in [-0.2, 0) is 0 Å². The van der Waals surface area contributed by atoms with Gasteiger partial charge in [0.1, 0.15) is 0 Å². The summed E-state index contributed by atoms with van der Waals surface area (Å²) in [6.07, 6.45) is 5.49. The number of benzene rings is 1. The highest BCUT2D eigenvalue weighted by atomic mass is 32.1. The van der Waals surface area contributed by atoms with E-state index < -0.39 is 0 Å². The van der Waals surface area contributed by atoms with Crippen molar-refractivity contribution in [3.63, 3.8) is 0 Å². The largest absolute Gasteiger partial charge is 0.377 e. The van der Waals surface area contributed by atoms with Gasteiger partial charge in [-0.15, -0.1) is 5.10 Å². The normalized spacial score (nSPS) is 11.0. The van der Waals surface area contributed by atoms with E-state index in [0.29, 0.717) is 0 Å². The topological polar surface area (TPSA) is 58.4 Å². The first-order valence-electron chi connectivity index (χ1n) is 7.92. The lowest BCUT2D eigenvalue weighted by atomic mass is 10.1. The van der Waals surface area contributed by atoms with Crippen molar-refractivity contribution in [3.8, 4) is 11.3 Å². The van der Waals surface area contributed by atoms with E-state index in [1.54, 1.807) is 10.7 Å². The molecule has 3 heterocycles. The quantitative estimate of drug-likeness (QED) is 0.603. The number of hydrogen-bond donors (Lipinski definition) is 1. The van der Waals surface area contributed by atoms with Gasteiger partial charge in [0, 0.05) is 43.4 Å². The van der Waals surface area contributed by atoms with Gasteiger partial charge in [0.05, 0.1) is 11.9 Å². The Morgan fingerprint density at radius 1 is 1.16 bits per heavy atom. The van der Waals surface area contributed by atoms with Crippen molar-refractivity contribution in [3.05, 3.63) is 54.5 Å². The van der Waals surface area contributed by atoms with Gasteiger partial charge in [-0.3, -0.25) is 4.98 Å². The maximum absolute atomic E-state index is 4.64. The summed E-state index contributed by atoms with van der Waals surface area (Å²) in [6.45, 7) is 2.11. The van der Waals surface area contributed by atoms with E-state index in [-0.39, 0.29) is 0 Å². The Morgan fingerprint density at radius 2 is 2.04 bits per heavy atom. The lowest BCUT2D eigenvalue weighted by molar-refractivity contribution is 0.977. The van der Waals surface area contributed by atoms with Crippen LogP contribution in [0.4, 0.5) is 16.5 Å². The molecule has 7 heteroatoms. The van der Waals surface area contributed by atoms with Crippen LogP contribution in [0, 0.1) is 6.92 Å². The zero-order valence-electron chi connectivity index (χ0n) is 14.3. The van der Waals surface area contributed by atoms with Crippen LogP contribution in [0.3, 0.4) is 0 Å². The van der Waals surface area contributed by atoms with E-state index in [2.05, 4.69) is 44.3 Å². The second-order valence-corrected chi connectivity index (χ2v) is 6.93. The van der Waals surface area contributed by atoms with Crippen LogP contribution in [-0.4, -0.2) is 33.7 Å². The Bertz CT molecular complexity index is 987. The molecule has 6 nitrogen and oxygen atoms in total. The van der Waals surface area contributed by atoms with Crippen LogP contribution in [0.2, 0.25) is 0 Å². The van der Waals surface area contributed by atoms with Gasteiger partial charge in [0.15, 0.2) is 0 Å². The summed E-state index contributed by atoms with van der Waals surface area (Å²) in [5.74, 6) is 0. The van der Waals surface area contributed by atoms with Crippen LogP contribution in [0.25, 0.3) is 16.2 Å². The van der Waals surface area contributed by atoms with Crippen molar-refractivity contribution in [2.24, 2.45) is 0 Å². The molecule has 0 atom stereocenters. The molecular weight excluding hydrogens is 332 g/mol. The highest BCUT2D eigenvalue weighted by molar-refractivity contribution is 7.20. The van der Waals surface area contributed by atoms with Gasteiger partial charge in [-0.2, -0.15) is 0 Å². The molecule has 0 bridgehead atoms. The van der Waals surface area contributed by atoms with Crippen LogP contribution in [0.1, 0.15) is 5.56 Å². The third-order valence-electron chi connectivity index (χ3n) is 4.03. The second-order valence-electron chi connectivity index (χ2n) is 5.97. The van der Waals surface area contributed by atoms with Gasteiger partial charge >= 0.3 is 0 Å². The summed E-state index contributed by atoms with van der Waals surface area (Å²) in [5.41, 5.74) is 5.30. The maximum Gasteiger partial charge on any atom is 0.214 e. The first kappa shape index (κ1) is 15.6. The van der Waals surface area contributed by atoms with Crippen molar-refractivity contribution in [1.82, 2.24) is 19.6 Å². The van der Waals surface area contributed by atoms with E-state index in [4.69, 9.17) is 0 Å². The van der Waals surface area contributed by atoms with E-state index in [1.807, 2.05) is 44.7 Å². The highest BCUT2D eigenvalue weighted by Gasteiger charge is 2.12. The number of anilines is 3. The Kier molecular flexibility index (Phi) is 3.85. The molecule has 0 saturated heterocycles. The molecule has 25 heavy (non-hydrogen) atoms.